The highest BCUT2D eigenvalue weighted by Crippen LogP contribution is 2.27. The Morgan fingerprint density at radius 3 is 2.55 bits per heavy atom. The average molecular weight is 282 g/mol. The second-order valence-corrected chi connectivity index (χ2v) is 4.95. The number of carboxylic acid groups (broad SMARTS) is 1. The van der Waals surface area contributed by atoms with Gasteiger partial charge in [-0.25, -0.2) is 4.79 Å². The normalized spacial score (nSPS) is 12.2. The maximum Gasteiger partial charge on any atom is 0.335 e. The summed E-state index contributed by atoms with van der Waals surface area (Å²) in [6.07, 6.45) is 0.647. The number of nitrogens with zero attached hydrogens (tertiary/aromatic N) is 1. The Bertz CT molecular complexity index is 502. The van der Waals surface area contributed by atoms with Crippen LogP contribution in [0.4, 0.5) is 11.4 Å². The summed E-state index contributed by atoms with van der Waals surface area (Å²) >= 11 is 0. The lowest BCUT2D eigenvalue weighted by Gasteiger charge is -2.19. The summed E-state index contributed by atoms with van der Waals surface area (Å²) in [5, 5.41) is 32.0. The maximum atomic E-state index is 11.0. The van der Waals surface area contributed by atoms with Gasteiger partial charge in [-0.1, -0.05) is 13.8 Å². The minimum Gasteiger partial charge on any atom is -0.478 e. The monoisotopic (exact) mass is 282 g/mol. The van der Waals surface area contributed by atoms with Crippen LogP contribution in [0.5, 0.6) is 0 Å². The van der Waals surface area contributed by atoms with Gasteiger partial charge in [0, 0.05) is 12.1 Å². The van der Waals surface area contributed by atoms with Crippen LogP contribution in [-0.4, -0.2) is 33.8 Å². The predicted octanol–water partition coefficient (Wildman–Crippen LogP) is 2.11. The summed E-state index contributed by atoms with van der Waals surface area (Å²) in [4.78, 5) is 21.2. The molecule has 1 unspecified atom stereocenters. The van der Waals surface area contributed by atoms with E-state index in [1.54, 1.807) is 0 Å². The second kappa shape index (κ2) is 6.85. The number of nitrogens with one attached hydrogen (secondary N) is 1. The van der Waals surface area contributed by atoms with Gasteiger partial charge < -0.3 is 15.5 Å². The maximum absolute atomic E-state index is 11.0. The van der Waals surface area contributed by atoms with Crippen LogP contribution in [-0.2, 0) is 0 Å². The van der Waals surface area contributed by atoms with Crippen LogP contribution in [0.2, 0.25) is 0 Å². The van der Waals surface area contributed by atoms with E-state index in [9.17, 15) is 20.0 Å². The van der Waals surface area contributed by atoms with Crippen molar-refractivity contribution in [1.82, 2.24) is 0 Å². The number of anilines is 1. The summed E-state index contributed by atoms with van der Waals surface area (Å²) in [7, 11) is 0. The number of benzene rings is 1. The molecule has 20 heavy (non-hydrogen) atoms. The van der Waals surface area contributed by atoms with E-state index in [1.807, 2.05) is 13.8 Å². The van der Waals surface area contributed by atoms with Crippen molar-refractivity contribution in [3.05, 3.63) is 33.9 Å². The number of carboxylic acids is 1. The molecule has 0 saturated carbocycles. The van der Waals surface area contributed by atoms with E-state index in [2.05, 4.69) is 5.32 Å². The molecule has 3 N–H and O–H groups in total. The van der Waals surface area contributed by atoms with Crippen molar-refractivity contribution in [2.75, 3.05) is 11.9 Å². The summed E-state index contributed by atoms with van der Waals surface area (Å²) in [6, 6.07) is 3.34. The summed E-state index contributed by atoms with van der Waals surface area (Å²) < 4.78 is 0. The molecule has 7 nitrogen and oxygen atoms in total. The largest absolute Gasteiger partial charge is 0.478 e. The predicted molar refractivity (Wildman–Crippen MR) is 74.0 cm³/mol. The molecule has 1 aromatic carbocycles. The van der Waals surface area contributed by atoms with Gasteiger partial charge >= 0.3 is 5.97 Å². The van der Waals surface area contributed by atoms with Crippen molar-refractivity contribution in [3.8, 4) is 0 Å². The summed E-state index contributed by atoms with van der Waals surface area (Å²) in [5.74, 6) is -0.905. The Labute approximate surface area is 116 Å². The number of rotatable bonds is 7. The number of carbonyl (C=O) groups is 1. The third-order valence-corrected chi connectivity index (χ3v) is 2.78. The quantitative estimate of drug-likeness (QED) is 0.521. The van der Waals surface area contributed by atoms with Crippen LogP contribution in [0.1, 0.15) is 30.6 Å². The molecular formula is C13H18N2O5. The van der Waals surface area contributed by atoms with Gasteiger partial charge in [0.15, 0.2) is 0 Å². The Morgan fingerprint density at radius 2 is 2.10 bits per heavy atom. The van der Waals surface area contributed by atoms with Crippen LogP contribution < -0.4 is 5.32 Å². The van der Waals surface area contributed by atoms with E-state index in [4.69, 9.17) is 5.11 Å². The highest BCUT2D eigenvalue weighted by Gasteiger charge is 2.20. The lowest BCUT2D eigenvalue weighted by Crippen LogP contribution is -2.26. The zero-order chi connectivity index (χ0) is 15.3. The highest BCUT2D eigenvalue weighted by atomic mass is 16.6. The van der Waals surface area contributed by atoms with Crippen LogP contribution >= 0.6 is 0 Å². The molecule has 0 aliphatic heterocycles. The first kappa shape index (κ1) is 15.9. The molecule has 0 aliphatic carbocycles. The Hall–Kier alpha value is -2.15. The van der Waals surface area contributed by atoms with Gasteiger partial charge in [0.2, 0.25) is 0 Å². The molecule has 1 aromatic rings. The van der Waals surface area contributed by atoms with E-state index in [0.717, 1.165) is 6.07 Å². The van der Waals surface area contributed by atoms with Crippen molar-refractivity contribution in [2.24, 2.45) is 5.92 Å². The first-order valence-electron chi connectivity index (χ1n) is 6.24. The molecule has 0 saturated heterocycles. The molecule has 0 aliphatic rings. The van der Waals surface area contributed by atoms with Gasteiger partial charge in [-0.3, -0.25) is 10.1 Å². The first-order chi connectivity index (χ1) is 9.35. The summed E-state index contributed by atoms with van der Waals surface area (Å²) in [5.41, 5.74) is -0.251. The van der Waals surface area contributed by atoms with Gasteiger partial charge in [-0.2, -0.15) is 0 Å². The van der Waals surface area contributed by atoms with E-state index < -0.39 is 10.9 Å². The van der Waals surface area contributed by atoms with E-state index in [1.165, 1.54) is 12.1 Å². The van der Waals surface area contributed by atoms with Gasteiger partial charge in [0.25, 0.3) is 5.69 Å². The van der Waals surface area contributed by atoms with Crippen molar-refractivity contribution < 1.29 is 19.9 Å². The minimum atomic E-state index is -1.22. The second-order valence-electron chi connectivity index (χ2n) is 4.95. The lowest BCUT2D eigenvalue weighted by atomic mass is 10.0. The van der Waals surface area contributed by atoms with Crippen LogP contribution in [0.15, 0.2) is 18.2 Å². The van der Waals surface area contributed by atoms with Gasteiger partial charge in [0.1, 0.15) is 5.69 Å². The number of hydrogen-bond donors (Lipinski definition) is 3. The van der Waals surface area contributed by atoms with Crippen LogP contribution in [0.25, 0.3) is 0 Å². The molecule has 0 radical (unpaired) electrons. The Morgan fingerprint density at radius 1 is 1.45 bits per heavy atom. The van der Waals surface area contributed by atoms with Crippen LogP contribution in [0.3, 0.4) is 0 Å². The fourth-order valence-corrected chi connectivity index (χ4v) is 1.91. The van der Waals surface area contributed by atoms with Crippen molar-refractivity contribution in [3.63, 3.8) is 0 Å². The highest BCUT2D eigenvalue weighted by molar-refractivity contribution is 5.89. The topological polar surface area (TPSA) is 113 Å². The minimum absolute atomic E-state index is 0.147. The first-order valence-corrected chi connectivity index (χ1v) is 6.24. The molecule has 110 valence electrons. The summed E-state index contributed by atoms with van der Waals surface area (Å²) in [6.45, 7) is 3.80. The molecule has 0 fully saturated rings. The molecule has 0 bridgehead atoms. The third kappa shape index (κ3) is 4.20. The molecule has 7 heteroatoms. The number of hydrogen-bond acceptors (Lipinski definition) is 5. The third-order valence-electron chi connectivity index (χ3n) is 2.78. The van der Waals surface area contributed by atoms with E-state index in [0.29, 0.717) is 12.3 Å². The molecule has 0 amide bonds. The molecule has 1 rings (SSSR count). The van der Waals surface area contributed by atoms with Gasteiger partial charge in [-0.15, -0.1) is 0 Å². The zero-order valence-electron chi connectivity index (χ0n) is 11.4. The standard InChI is InChI=1S/C13H18N2O5/c1-8(2)5-10(7-16)14-11-4-3-9(13(17)18)6-12(11)15(19)20/h3-4,6,8,10,14,16H,5,7H2,1-2H3,(H,17,18). The zero-order valence-corrected chi connectivity index (χ0v) is 11.4. The van der Waals surface area contributed by atoms with Crippen molar-refractivity contribution in [1.29, 1.82) is 0 Å². The average Bonchev–Trinajstić information content (AvgIpc) is 2.37. The number of nitro benzene ring substituents is 1. The number of aliphatic hydroxyl groups is 1. The van der Waals surface area contributed by atoms with Gasteiger partial charge in [0.05, 0.1) is 17.1 Å². The van der Waals surface area contributed by atoms with Gasteiger partial charge in [-0.05, 0) is 24.5 Å². The molecular weight excluding hydrogens is 264 g/mol. The SMILES string of the molecule is CC(C)CC(CO)Nc1ccc(C(=O)O)cc1[N+](=O)[O-]. The van der Waals surface area contributed by atoms with Crippen molar-refractivity contribution in [2.45, 2.75) is 26.3 Å². The smallest absolute Gasteiger partial charge is 0.335 e. The van der Waals surface area contributed by atoms with E-state index >= 15 is 0 Å². The van der Waals surface area contributed by atoms with Crippen LogP contribution in [0, 0.1) is 16.0 Å². The molecule has 0 heterocycles. The van der Waals surface area contributed by atoms with Crippen molar-refractivity contribution >= 4 is 17.3 Å². The fourth-order valence-electron chi connectivity index (χ4n) is 1.91. The van der Waals surface area contributed by atoms with E-state index in [-0.39, 0.29) is 29.6 Å². The fraction of sp³-hybridized carbons (Fsp3) is 0.462. The molecule has 0 aromatic heterocycles. The number of aliphatic hydroxyl groups excluding tert-OH is 1. The number of aromatic carboxylic acids is 1. The number of nitro groups is 1. The molecule has 1 atom stereocenters. The Kier molecular flexibility index (Phi) is 5.45. The molecule has 0 spiro atoms. The lowest BCUT2D eigenvalue weighted by molar-refractivity contribution is -0.384. The Balaban J connectivity index is 3.04.